The molecule has 108 valence electrons. The van der Waals surface area contributed by atoms with Gasteiger partial charge in [0.25, 0.3) is 0 Å². The third-order valence-corrected chi connectivity index (χ3v) is 4.73. The second-order valence-electron chi connectivity index (χ2n) is 5.57. The maximum atomic E-state index is 6.34. The van der Waals surface area contributed by atoms with Crippen molar-refractivity contribution in [2.24, 2.45) is 0 Å². The second-order valence-corrected chi connectivity index (χ2v) is 8.05. The van der Waals surface area contributed by atoms with Gasteiger partial charge in [0.2, 0.25) is 0 Å². The number of halogens is 1. The molecule has 0 radical (unpaired) electrons. The van der Waals surface area contributed by atoms with Crippen LogP contribution in [-0.2, 0) is 6.54 Å². The first-order chi connectivity index (χ1) is 9.33. The van der Waals surface area contributed by atoms with Crippen molar-refractivity contribution in [1.82, 2.24) is 14.7 Å². The topological polar surface area (TPSA) is 37.8 Å². The van der Waals surface area contributed by atoms with E-state index in [9.17, 15) is 0 Å². The number of nitrogens with zero attached hydrogens (tertiary/aromatic N) is 2. The first kappa shape index (κ1) is 15.8. The van der Waals surface area contributed by atoms with Crippen molar-refractivity contribution in [2.75, 3.05) is 0 Å². The van der Waals surface area contributed by atoms with Gasteiger partial charge in [0, 0.05) is 22.0 Å². The van der Waals surface area contributed by atoms with Crippen LogP contribution in [0.15, 0.2) is 27.4 Å². The van der Waals surface area contributed by atoms with Crippen LogP contribution >= 0.6 is 34.9 Å². The average molecular weight is 328 g/mol. The molecule has 1 heterocycles. The summed E-state index contributed by atoms with van der Waals surface area (Å²) in [6, 6.07) is 6.13. The molecule has 20 heavy (non-hydrogen) atoms. The van der Waals surface area contributed by atoms with Crippen molar-refractivity contribution < 1.29 is 0 Å². The van der Waals surface area contributed by atoms with Crippen LogP contribution in [0.1, 0.15) is 32.2 Å². The van der Waals surface area contributed by atoms with Gasteiger partial charge in [-0.3, -0.25) is 0 Å². The molecule has 2 rings (SSSR count). The highest BCUT2D eigenvalue weighted by Gasteiger charge is 2.11. The van der Waals surface area contributed by atoms with Gasteiger partial charge in [0.15, 0.2) is 4.34 Å². The molecule has 0 amide bonds. The number of rotatable bonds is 4. The number of hydrogen-bond acceptors (Lipinski definition) is 5. The molecule has 0 aliphatic rings. The fraction of sp³-hybridized carbons (Fsp3) is 0.429. The van der Waals surface area contributed by atoms with E-state index in [1.165, 1.54) is 11.5 Å². The molecule has 0 saturated heterocycles. The second kappa shape index (κ2) is 6.43. The largest absolute Gasteiger partial charge is 0.308 e. The highest BCUT2D eigenvalue weighted by molar-refractivity contribution is 8.01. The van der Waals surface area contributed by atoms with Gasteiger partial charge in [-0.15, -0.1) is 0 Å². The summed E-state index contributed by atoms with van der Waals surface area (Å²) in [5.41, 5.74) is 1.19. The van der Waals surface area contributed by atoms with E-state index in [1.807, 2.05) is 13.0 Å². The van der Waals surface area contributed by atoms with Crippen LogP contribution in [0.3, 0.4) is 0 Å². The van der Waals surface area contributed by atoms with Crippen LogP contribution in [-0.4, -0.2) is 14.9 Å². The number of nitrogens with one attached hydrogen (secondary N) is 1. The zero-order valence-corrected chi connectivity index (χ0v) is 14.4. The fourth-order valence-electron chi connectivity index (χ4n) is 1.52. The van der Waals surface area contributed by atoms with Crippen LogP contribution < -0.4 is 5.32 Å². The fourth-order valence-corrected chi connectivity index (χ4v) is 3.49. The van der Waals surface area contributed by atoms with Gasteiger partial charge in [-0.1, -0.05) is 29.4 Å². The maximum Gasteiger partial charge on any atom is 0.174 e. The van der Waals surface area contributed by atoms with Crippen LogP contribution in [0.5, 0.6) is 0 Å². The van der Waals surface area contributed by atoms with Crippen molar-refractivity contribution in [3.8, 4) is 0 Å². The Kier molecular flexibility index (Phi) is 5.07. The standard InChI is InChI=1S/C14H18ClN3S2/c1-9-17-13(20-18-9)19-11-6-5-10(12(15)7-11)8-16-14(2,3)4/h5-7,16H,8H2,1-4H3. The van der Waals surface area contributed by atoms with Crippen LogP contribution in [0.4, 0.5) is 0 Å². The zero-order valence-electron chi connectivity index (χ0n) is 12.0. The van der Waals surface area contributed by atoms with E-state index < -0.39 is 0 Å². The van der Waals surface area contributed by atoms with Crippen molar-refractivity contribution >= 4 is 34.9 Å². The van der Waals surface area contributed by atoms with Gasteiger partial charge in [-0.2, -0.15) is 4.37 Å². The van der Waals surface area contributed by atoms with Crippen LogP contribution in [0, 0.1) is 6.92 Å². The zero-order chi connectivity index (χ0) is 14.8. The predicted octanol–water partition coefficient (Wildman–Crippen LogP) is 4.54. The van der Waals surface area contributed by atoms with E-state index in [0.29, 0.717) is 0 Å². The van der Waals surface area contributed by atoms with Crippen LogP contribution in [0.25, 0.3) is 0 Å². The summed E-state index contributed by atoms with van der Waals surface area (Å²) >= 11 is 9.35. The molecule has 0 unspecified atom stereocenters. The third kappa shape index (κ3) is 4.74. The first-order valence-corrected chi connectivity index (χ1v) is 8.32. The molecule has 0 fully saturated rings. The smallest absolute Gasteiger partial charge is 0.174 e. The lowest BCUT2D eigenvalue weighted by atomic mass is 10.1. The Hall–Kier alpha value is -0.620. The molecule has 1 aromatic heterocycles. The minimum Gasteiger partial charge on any atom is -0.308 e. The summed E-state index contributed by atoms with van der Waals surface area (Å²) in [6.45, 7) is 9.09. The van der Waals surface area contributed by atoms with Gasteiger partial charge in [-0.25, -0.2) is 4.98 Å². The van der Waals surface area contributed by atoms with Crippen molar-refractivity contribution in [3.63, 3.8) is 0 Å². The summed E-state index contributed by atoms with van der Waals surface area (Å²) in [7, 11) is 0. The minimum absolute atomic E-state index is 0.0842. The molecule has 1 aromatic carbocycles. The first-order valence-electron chi connectivity index (χ1n) is 6.35. The summed E-state index contributed by atoms with van der Waals surface area (Å²) in [5, 5.41) is 4.23. The quantitative estimate of drug-likeness (QED) is 0.894. The third-order valence-electron chi connectivity index (χ3n) is 2.55. The molecule has 2 aromatic rings. The summed E-state index contributed by atoms with van der Waals surface area (Å²) in [4.78, 5) is 5.43. The van der Waals surface area contributed by atoms with E-state index in [0.717, 1.165) is 32.2 Å². The molecule has 0 atom stereocenters. The maximum absolute atomic E-state index is 6.34. The van der Waals surface area contributed by atoms with Crippen molar-refractivity contribution in [1.29, 1.82) is 0 Å². The molecular weight excluding hydrogens is 310 g/mol. The number of aryl methyl sites for hydroxylation is 1. The molecule has 3 nitrogen and oxygen atoms in total. The molecule has 0 spiro atoms. The minimum atomic E-state index is 0.0842. The molecule has 0 aliphatic heterocycles. The van der Waals surface area contributed by atoms with Gasteiger partial charge in [0.05, 0.1) is 0 Å². The lowest BCUT2D eigenvalue weighted by molar-refractivity contribution is 0.424. The predicted molar refractivity (Wildman–Crippen MR) is 86.8 cm³/mol. The summed E-state index contributed by atoms with van der Waals surface area (Å²) in [5.74, 6) is 0.814. The van der Waals surface area contributed by atoms with E-state index in [-0.39, 0.29) is 5.54 Å². The lowest BCUT2D eigenvalue weighted by Gasteiger charge is -2.21. The Morgan fingerprint density at radius 2 is 2.10 bits per heavy atom. The Labute approximate surface area is 133 Å². The van der Waals surface area contributed by atoms with Gasteiger partial charge < -0.3 is 5.32 Å². The van der Waals surface area contributed by atoms with E-state index in [1.54, 1.807) is 11.8 Å². The monoisotopic (exact) mass is 327 g/mol. The molecular formula is C14H18ClN3S2. The molecule has 0 saturated carbocycles. The van der Waals surface area contributed by atoms with Gasteiger partial charge >= 0.3 is 0 Å². The molecule has 6 heteroatoms. The lowest BCUT2D eigenvalue weighted by Crippen LogP contribution is -2.35. The van der Waals surface area contributed by atoms with E-state index in [4.69, 9.17) is 11.6 Å². The molecule has 0 aliphatic carbocycles. The van der Waals surface area contributed by atoms with Crippen molar-refractivity contribution in [2.45, 2.75) is 49.0 Å². The van der Waals surface area contributed by atoms with Gasteiger partial charge in [0.1, 0.15) is 5.82 Å². The Morgan fingerprint density at radius 3 is 2.65 bits per heavy atom. The highest BCUT2D eigenvalue weighted by Crippen LogP contribution is 2.31. The molecule has 0 bridgehead atoms. The normalized spacial score (nSPS) is 11.8. The van der Waals surface area contributed by atoms with Crippen LogP contribution in [0.2, 0.25) is 5.02 Å². The number of benzene rings is 1. The molecule has 1 N–H and O–H groups in total. The van der Waals surface area contributed by atoms with Gasteiger partial charge in [-0.05, 0) is 56.9 Å². The highest BCUT2D eigenvalue weighted by atomic mass is 35.5. The Bertz CT molecular complexity index is 590. The van der Waals surface area contributed by atoms with E-state index >= 15 is 0 Å². The number of aromatic nitrogens is 2. The van der Waals surface area contributed by atoms with Crippen molar-refractivity contribution in [3.05, 3.63) is 34.6 Å². The Balaban J connectivity index is 2.05. The average Bonchev–Trinajstić information content (AvgIpc) is 2.72. The summed E-state index contributed by atoms with van der Waals surface area (Å²) in [6.07, 6.45) is 0. The SMILES string of the molecule is Cc1nsc(Sc2ccc(CNC(C)(C)C)c(Cl)c2)n1. The van der Waals surface area contributed by atoms with E-state index in [2.05, 4.69) is 47.6 Å². The Morgan fingerprint density at radius 1 is 1.35 bits per heavy atom. The summed E-state index contributed by atoms with van der Waals surface area (Å²) < 4.78 is 5.12. The number of hydrogen-bond donors (Lipinski definition) is 1.